The fraction of sp³-hybridized carbons (Fsp3) is 0.381. The van der Waals surface area contributed by atoms with Crippen molar-refractivity contribution in [3.05, 3.63) is 65.2 Å². The van der Waals surface area contributed by atoms with E-state index in [1.54, 1.807) is 23.5 Å². The van der Waals surface area contributed by atoms with Crippen LogP contribution in [0.3, 0.4) is 0 Å². The molecule has 28 heavy (non-hydrogen) atoms. The van der Waals surface area contributed by atoms with E-state index in [1.807, 2.05) is 24.3 Å². The van der Waals surface area contributed by atoms with Crippen molar-refractivity contribution >= 4 is 16.0 Å². The maximum absolute atomic E-state index is 12.6. The van der Waals surface area contributed by atoms with Crippen LogP contribution in [-0.2, 0) is 23.1 Å². The van der Waals surface area contributed by atoms with Crippen LogP contribution in [0.25, 0.3) is 0 Å². The minimum absolute atomic E-state index is 0.361. The van der Waals surface area contributed by atoms with Crippen molar-refractivity contribution in [3.8, 4) is 0 Å². The summed E-state index contributed by atoms with van der Waals surface area (Å²) in [6, 6.07) is 15.3. The molecule has 2 aromatic rings. The molecule has 1 aliphatic heterocycles. The minimum Gasteiger partial charge on any atom is -0.352 e. The summed E-state index contributed by atoms with van der Waals surface area (Å²) in [5.74, 6) is 0.706. The third-order valence-corrected chi connectivity index (χ3v) is 6.93. The molecular formula is C21H28N4O2S. The molecule has 0 spiro atoms. The predicted octanol–water partition coefficient (Wildman–Crippen LogP) is 2.64. The van der Waals surface area contributed by atoms with Crippen molar-refractivity contribution in [2.24, 2.45) is 4.99 Å². The molecule has 0 atom stereocenters. The van der Waals surface area contributed by atoms with Crippen LogP contribution < -0.4 is 10.6 Å². The third-order valence-electron chi connectivity index (χ3n) is 5.02. The molecule has 6 nitrogen and oxygen atoms in total. The lowest BCUT2D eigenvalue weighted by atomic mass is 10.1. The van der Waals surface area contributed by atoms with Crippen LogP contribution >= 0.6 is 0 Å². The quantitative estimate of drug-likeness (QED) is 0.578. The van der Waals surface area contributed by atoms with Gasteiger partial charge in [-0.1, -0.05) is 36.4 Å². The van der Waals surface area contributed by atoms with E-state index < -0.39 is 10.0 Å². The Kier molecular flexibility index (Phi) is 6.70. The van der Waals surface area contributed by atoms with Gasteiger partial charge in [0.2, 0.25) is 10.0 Å². The van der Waals surface area contributed by atoms with E-state index >= 15 is 0 Å². The largest absolute Gasteiger partial charge is 0.352 e. The topological polar surface area (TPSA) is 73.8 Å². The van der Waals surface area contributed by atoms with E-state index in [0.29, 0.717) is 37.0 Å². The maximum Gasteiger partial charge on any atom is 0.243 e. The number of hydrogen-bond acceptors (Lipinski definition) is 3. The molecule has 2 aromatic carbocycles. The van der Waals surface area contributed by atoms with Gasteiger partial charge >= 0.3 is 0 Å². The van der Waals surface area contributed by atoms with Crippen molar-refractivity contribution in [1.82, 2.24) is 14.9 Å². The number of aryl methyl sites for hydroxylation is 1. The highest BCUT2D eigenvalue weighted by Crippen LogP contribution is 2.21. The second-order valence-electron chi connectivity index (χ2n) is 6.96. The smallest absolute Gasteiger partial charge is 0.243 e. The van der Waals surface area contributed by atoms with Crippen molar-refractivity contribution in [3.63, 3.8) is 0 Å². The number of benzene rings is 2. The van der Waals surface area contributed by atoms with Gasteiger partial charge in [-0.05, 0) is 48.6 Å². The number of aliphatic imine (C=N–C) groups is 1. The molecule has 0 aliphatic carbocycles. The summed E-state index contributed by atoms with van der Waals surface area (Å²) >= 11 is 0. The molecule has 0 radical (unpaired) electrons. The van der Waals surface area contributed by atoms with Gasteiger partial charge in [0.05, 0.1) is 4.90 Å². The van der Waals surface area contributed by atoms with E-state index in [0.717, 1.165) is 18.4 Å². The highest BCUT2D eigenvalue weighted by Gasteiger charge is 2.26. The van der Waals surface area contributed by atoms with Gasteiger partial charge in [0.25, 0.3) is 0 Å². The summed E-state index contributed by atoms with van der Waals surface area (Å²) in [6.07, 6.45) is 1.88. The molecular weight excluding hydrogens is 372 g/mol. The standard InChI is InChI=1S/C21H28N4O2S/c1-17-7-3-4-8-19(17)16-24-21(22-2)23-15-18-9-11-20(12-10-18)28(26,27)25-13-5-6-14-25/h3-4,7-12H,5-6,13-16H2,1-2H3,(H2,22,23,24). The Bertz CT molecular complexity index is 918. The fourth-order valence-corrected chi connectivity index (χ4v) is 4.77. The molecule has 1 aliphatic rings. The summed E-state index contributed by atoms with van der Waals surface area (Å²) in [7, 11) is -1.62. The van der Waals surface area contributed by atoms with Gasteiger partial charge in [-0.3, -0.25) is 4.99 Å². The second kappa shape index (κ2) is 9.21. The number of nitrogens with zero attached hydrogens (tertiary/aromatic N) is 2. The zero-order chi connectivity index (χ0) is 20.0. The van der Waals surface area contributed by atoms with E-state index in [2.05, 4.69) is 34.7 Å². The number of rotatable bonds is 6. The summed E-state index contributed by atoms with van der Waals surface area (Å²) in [5.41, 5.74) is 3.46. The van der Waals surface area contributed by atoms with E-state index in [-0.39, 0.29) is 0 Å². The monoisotopic (exact) mass is 400 g/mol. The van der Waals surface area contributed by atoms with Crippen molar-refractivity contribution in [1.29, 1.82) is 0 Å². The molecule has 1 saturated heterocycles. The summed E-state index contributed by atoms with van der Waals surface area (Å²) in [6.45, 7) is 4.59. The predicted molar refractivity (Wildman–Crippen MR) is 113 cm³/mol. The first-order valence-corrected chi connectivity index (χ1v) is 11.0. The number of nitrogens with one attached hydrogen (secondary N) is 2. The SMILES string of the molecule is CN=C(NCc1ccc(S(=O)(=O)N2CCCC2)cc1)NCc1ccccc1C. The molecule has 150 valence electrons. The Hall–Kier alpha value is -2.38. The van der Waals surface area contributed by atoms with Gasteiger partial charge in [0.1, 0.15) is 0 Å². The Morgan fingerprint density at radius 3 is 2.29 bits per heavy atom. The van der Waals surface area contributed by atoms with Gasteiger partial charge in [0.15, 0.2) is 5.96 Å². The first-order valence-electron chi connectivity index (χ1n) is 9.59. The highest BCUT2D eigenvalue weighted by molar-refractivity contribution is 7.89. The van der Waals surface area contributed by atoms with Crippen LogP contribution in [0.15, 0.2) is 58.4 Å². The molecule has 2 N–H and O–H groups in total. The third kappa shape index (κ3) is 4.91. The van der Waals surface area contributed by atoms with Gasteiger partial charge in [-0.25, -0.2) is 8.42 Å². The molecule has 7 heteroatoms. The van der Waals surface area contributed by atoms with Crippen LogP contribution in [0.5, 0.6) is 0 Å². The van der Waals surface area contributed by atoms with Gasteiger partial charge in [-0.2, -0.15) is 4.31 Å². The van der Waals surface area contributed by atoms with Gasteiger partial charge in [-0.15, -0.1) is 0 Å². The van der Waals surface area contributed by atoms with Gasteiger partial charge in [0, 0.05) is 33.2 Å². The van der Waals surface area contributed by atoms with Crippen molar-refractivity contribution < 1.29 is 8.42 Å². The average molecular weight is 401 g/mol. The van der Waals surface area contributed by atoms with Crippen LogP contribution in [-0.4, -0.2) is 38.8 Å². The number of guanidine groups is 1. The molecule has 0 saturated carbocycles. The van der Waals surface area contributed by atoms with Crippen molar-refractivity contribution in [2.75, 3.05) is 20.1 Å². The van der Waals surface area contributed by atoms with Crippen LogP contribution in [0.4, 0.5) is 0 Å². The zero-order valence-corrected chi connectivity index (χ0v) is 17.3. The first kappa shape index (κ1) is 20.4. The zero-order valence-electron chi connectivity index (χ0n) is 16.5. The number of sulfonamides is 1. The maximum atomic E-state index is 12.6. The molecule has 1 fully saturated rings. The molecule has 0 bridgehead atoms. The first-order chi connectivity index (χ1) is 13.5. The Morgan fingerprint density at radius 2 is 1.64 bits per heavy atom. The second-order valence-corrected chi connectivity index (χ2v) is 8.90. The number of hydrogen-bond donors (Lipinski definition) is 2. The average Bonchev–Trinajstić information content (AvgIpc) is 3.25. The van der Waals surface area contributed by atoms with Crippen LogP contribution in [0, 0.1) is 6.92 Å². The van der Waals surface area contributed by atoms with Crippen LogP contribution in [0.2, 0.25) is 0 Å². The molecule has 1 heterocycles. The molecule has 0 aromatic heterocycles. The normalized spacial score (nSPS) is 15.6. The lowest BCUT2D eigenvalue weighted by Crippen LogP contribution is -2.36. The molecule has 0 amide bonds. The Morgan fingerprint density at radius 1 is 1.00 bits per heavy atom. The Labute approximate surface area is 167 Å². The lowest BCUT2D eigenvalue weighted by molar-refractivity contribution is 0.477. The van der Waals surface area contributed by atoms with E-state index in [9.17, 15) is 8.42 Å². The summed E-state index contributed by atoms with van der Waals surface area (Å²) in [4.78, 5) is 4.61. The van der Waals surface area contributed by atoms with Crippen molar-refractivity contribution in [2.45, 2.75) is 37.8 Å². The lowest BCUT2D eigenvalue weighted by Gasteiger charge is -2.16. The molecule has 3 rings (SSSR count). The molecule has 0 unspecified atom stereocenters. The van der Waals surface area contributed by atoms with Gasteiger partial charge < -0.3 is 10.6 Å². The van der Waals surface area contributed by atoms with Crippen LogP contribution in [0.1, 0.15) is 29.5 Å². The minimum atomic E-state index is -3.36. The van der Waals surface area contributed by atoms with E-state index in [4.69, 9.17) is 0 Å². The Balaban J connectivity index is 1.55. The summed E-state index contributed by atoms with van der Waals surface area (Å²) < 4.78 is 26.7. The highest BCUT2D eigenvalue weighted by atomic mass is 32.2. The summed E-state index contributed by atoms with van der Waals surface area (Å²) in [5, 5.41) is 6.57. The fourth-order valence-electron chi connectivity index (χ4n) is 3.25. The van der Waals surface area contributed by atoms with E-state index in [1.165, 1.54) is 11.1 Å².